The first-order chi connectivity index (χ1) is 8.61. The molecule has 1 heterocycles. The summed E-state index contributed by atoms with van der Waals surface area (Å²) >= 11 is 17.7. The maximum absolute atomic E-state index is 8.95. The van der Waals surface area contributed by atoms with Gasteiger partial charge in [-0.3, -0.25) is 0 Å². The van der Waals surface area contributed by atoms with Gasteiger partial charge in [0.15, 0.2) is 5.82 Å². The van der Waals surface area contributed by atoms with E-state index in [9.17, 15) is 0 Å². The van der Waals surface area contributed by atoms with Gasteiger partial charge >= 0.3 is 0 Å². The third-order valence-corrected chi connectivity index (χ3v) is 2.90. The summed E-state index contributed by atoms with van der Waals surface area (Å²) in [5.41, 5.74) is 0.711. The molecule has 0 atom stereocenters. The van der Waals surface area contributed by atoms with Crippen LogP contribution < -0.4 is 5.32 Å². The number of aromatic nitrogens is 2. The maximum Gasteiger partial charge on any atom is 0.224 e. The van der Waals surface area contributed by atoms with Gasteiger partial charge in [-0.25, -0.2) is 4.98 Å². The van der Waals surface area contributed by atoms with Crippen molar-refractivity contribution < 1.29 is 0 Å². The van der Waals surface area contributed by atoms with Crippen LogP contribution in [-0.2, 0) is 0 Å². The molecule has 18 heavy (non-hydrogen) atoms. The van der Waals surface area contributed by atoms with Gasteiger partial charge in [0.25, 0.3) is 0 Å². The van der Waals surface area contributed by atoms with Gasteiger partial charge in [0.05, 0.1) is 21.9 Å². The molecule has 0 aliphatic carbocycles. The summed E-state index contributed by atoms with van der Waals surface area (Å²) in [4.78, 5) is 7.65. The number of nitriles is 1. The summed E-state index contributed by atoms with van der Waals surface area (Å²) in [6, 6.07) is 7.01. The normalized spacial score (nSPS) is 9.89. The highest BCUT2D eigenvalue weighted by Gasteiger charge is 2.10. The van der Waals surface area contributed by atoms with Crippen LogP contribution in [0.2, 0.25) is 15.3 Å². The van der Waals surface area contributed by atoms with Crippen LogP contribution in [0.15, 0.2) is 24.4 Å². The highest BCUT2D eigenvalue weighted by Crippen LogP contribution is 2.32. The van der Waals surface area contributed by atoms with Gasteiger partial charge in [0, 0.05) is 0 Å². The van der Waals surface area contributed by atoms with Gasteiger partial charge in [0.2, 0.25) is 5.28 Å². The maximum atomic E-state index is 8.95. The lowest BCUT2D eigenvalue weighted by molar-refractivity contribution is 1.15. The van der Waals surface area contributed by atoms with E-state index in [0.29, 0.717) is 15.7 Å². The second kappa shape index (κ2) is 5.40. The number of halogens is 3. The predicted octanol–water partition coefficient (Wildman–Crippen LogP) is 4.05. The van der Waals surface area contributed by atoms with Gasteiger partial charge in [-0.1, -0.05) is 29.3 Å². The first kappa shape index (κ1) is 12.9. The van der Waals surface area contributed by atoms with Crippen molar-refractivity contribution in [3.63, 3.8) is 0 Å². The zero-order valence-electron chi connectivity index (χ0n) is 8.78. The number of nitrogens with one attached hydrogen (secondary N) is 1. The Balaban J connectivity index is 2.46. The van der Waals surface area contributed by atoms with E-state index in [1.165, 1.54) is 6.20 Å². The lowest BCUT2D eigenvalue weighted by Gasteiger charge is -2.10. The molecule has 4 nitrogen and oxygen atoms in total. The van der Waals surface area contributed by atoms with Crippen molar-refractivity contribution in [2.24, 2.45) is 0 Å². The lowest BCUT2D eigenvalue weighted by atomic mass is 10.3. The van der Waals surface area contributed by atoms with Crippen molar-refractivity contribution in [1.29, 1.82) is 5.26 Å². The molecular formula is C11H5Cl3N4. The lowest BCUT2D eigenvalue weighted by Crippen LogP contribution is -1.99. The van der Waals surface area contributed by atoms with E-state index < -0.39 is 0 Å². The van der Waals surface area contributed by atoms with Gasteiger partial charge in [-0.2, -0.15) is 10.2 Å². The Kier molecular flexibility index (Phi) is 3.87. The van der Waals surface area contributed by atoms with Crippen molar-refractivity contribution >= 4 is 46.3 Å². The third kappa shape index (κ3) is 2.65. The second-order valence-electron chi connectivity index (χ2n) is 3.23. The Bertz CT molecular complexity index is 616. The largest absolute Gasteiger partial charge is 0.337 e. The van der Waals surface area contributed by atoms with Crippen molar-refractivity contribution in [1.82, 2.24) is 9.97 Å². The fourth-order valence-corrected chi connectivity index (χ4v) is 1.90. The molecule has 90 valence electrons. The van der Waals surface area contributed by atoms with Gasteiger partial charge in [-0.05, 0) is 23.7 Å². The summed E-state index contributed by atoms with van der Waals surface area (Å²) < 4.78 is 0. The average molecular weight is 300 g/mol. The molecule has 0 spiro atoms. The van der Waals surface area contributed by atoms with Crippen molar-refractivity contribution in [2.45, 2.75) is 0 Å². The van der Waals surface area contributed by atoms with Crippen molar-refractivity contribution in [3.8, 4) is 6.07 Å². The minimum Gasteiger partial charge on any atom is -0.337 e. The van der Waals surface area contributed by atoms with E-state index in [2.05, 4.69) is 15.3 Å². The fraction of sp³-hybridized carbons (Fsp3) is 0. The van der Waals surface area contributed by atoms with Crippen LogP contribution in [0.4, 0.5) is 11.5 Å². The highest BCUT2D eigenvalue weighted by atomic mass is 35.5. The standard InChI is InChI=1S/C11H5Cl3N4/c12-7-2-1-3-8(13)9(7)17-10-6(4-15)5-16-11(14)18-10/h1-3,5H,(H,16,17,18). The summed E-state index contributed by atoms with van der Waals surface area (Å²) in [7, 11) is 0. The minimum absolute atomic E-state index is 0.0275. The Morgan fingerprint density at radius 1 is 1.17 bits per heavy atom. The van der Waals surface area contributed by atoms with Gasteiger partial charge in [-0.15, -0.1) is 0 Å². The number of anilines is 2. The SMILES string of the molecule is N#Cc1cnc(Cl)nc1Nc1c(Cl)cccc1Cl. The number of hydrogen-bond acceptors (Lipinski definition) is 4. The molecular weight excluding hydrogens is 295 g/mol. The zero-order valence-corrected chi connectivity index (χ0v) is 11.1. The Hall–Kier alpha value is -1.54. The van der Waals surface area contributed by atoms with Gasteiger partial charge < -0.3 is 5.32 Å². The average Bonchev–Trinajstić information content (AvgIpc) is 2.34. The number of para-hydroxylation sites is 1. The number of nitrogens with zero attached hydrogens (tertiary/aromatic N) is 3. The van der Waals surface area contributed by atoms with E-state index in [-0.39, 0.29) is 16.7 Å². The summed E-state index contributed by atoms with van der Waals surface area (Å²) in [5, 5.41) is 12.7. The first-order valence-electron chi connectivity index (χ1n) is 4.75. The van der Waals surface area contributed by atoms with Crippen LogP contribution in [-0.4, -0.2) is 9.97 Å². The predicted molar refractivity (Wildman–Crippen MR) is 71.5 cm³/mol. The molecule has 0 saturated heterocycles. The number of hydrogen-bond donors (Lipinski definition) is 1. The number of benzene rings is 1. The smallest absolute Gasteiger partial charge is 0.224 e. The monoisotopic (exact) mass is 298 g/mol. The van der Waals surface area contributed by atoms with E-state index in [1.807, 2.05) is 6.07 Å². The molecule has 0 unspecified atom stereocenters. The molecule has 0 bridgehead atoms. The molecule has 0 radical (unpaired) electrons. The molecule has 0 aliphatic rings. The van der Waals surface area contributed by atoms with Crippen molar-refractivity contribution in [3.05, 3.63) is 45.3 Å². The Morgan fingerprint density at radius 2 is 1.83 bits per heavy atom. The van der Waals surface area contributed by atoms with Crippen LogP contribution in [0.5, 0.6) is 0 Å². The summed E-state index contributed by atoms with van der Waals surface area (Å²) in [5.74, 6) is 0.257. The summed E-state index contributed by atoms with van der Waals surface area (Å²) in [6.45, 7) is 0. The molecule has 7 heteroatoms. The number of rotatable bonds is 2. The molecule has 0 amide bonds. The van der Waals surface area contributed by atoms with Crippen LogP contribution in [0.1, 0.15) is 5.56 Å². The Morgan fingerprint density at radius 3 is 2.44 bits per heavy atom. The molecule has 0 aliphatic heterocycles. The molecule has 0 saturated carbocycles. The molecule has 2 rings (SSSR count). The second-order valence-corrected chi connectivity index (χ2v) is 4.39. The highest BCUT2D eigenvalue weighted by molar-refractivity contribution is 6.39. The van der Waals surface area contributed by atoms with Crippen molar-refractivity contribution in [2.75, 3.05) is 5.32 Å². The Labute approximate surface area is 118 Å². The van der Waals surface area contributed by atoms with E-state index in [1.54, 1.807) is 18.2 Å². The third-order valence-electron chi connectivity index (χ3n) is 2.09. The van der Waals surface area contributed by atoms with Crippen LogP contribution >= 0.6 is 34.8 Å². The summed E-state index contributed by atoms with van der Waals surface area (Å²) in [6.07, 6.45) is 1.32. The van der Waals surface area contributed by atoms with Crippen LogP contribution in [0.25, 0.3) is 0 Å². The molecule has 1 aromatic heterocycles. The minimum atomic E-state index is 0.0275. The first-order valence-corrected chi connectivity index (χ1v) is 5.89. The quantitative estimate of drug-likeness (QED) is 0.850. The topological polar surface area (TPSA) is 61.6 Å². The molecule has 1 N–H and O–H groups in total. The van der Waals surface area contributed by atoms with Crippen LogP contribution in [0, 0.1) is 11.3 Å². The van der Waals surface area contributed by atoms with E-state index in [4.69, 9.17) is 40.1 Å². The van der Waals surface area contributed by atoms with Gasteiger partial charge in [0.1, 0.15) is 11.6 Å². The molecule has 2 aromatic rings. The molecule has 0 fully saturated rings. The van der Waals surface area contributed by atoms with E-state index >= 15 is 0 Å². The van der Waals surface area contributed by atoms with E-state index in [0.717, 1.165) is 0 Å². The van der Waals surface area contributed by atoms with Crippen LogP contribution in [0.3, 0.4) is 0 Å². The molecule has 1 aromatic carbocycles. The zero-order chi connectivity index (χ0) is 13.1. The fourth-order valence-electron chi connectivity index (χ4n) is 1.27.